The number of allylic oxidation sites excluding steroid dienone is 1. The van der Waals surface area contributed by atoms with Gasteiger partial charge in [-0.2, -0.15) is 10.5 Å². The summed E-state index contributed by atoms with van der Waals surface area (Å²) in [6.45, 7) is 1.63. The Kier molecular flexibility index (Phi) is 7.49. The van der Waals surface area contributed by atoms with Crippen molar-refractivity contribution in [1.82, 2.24) is 9.88 Å². The monoisotopic (exact) mass is 503 g/mol. The van der Waals surface area contributed by atoms with Crippen molar-refractivity contribution in [1.29, 1.82) is 10.5 Å². The predicted octanol–water partition coefficient (Wildman–Crippen LogP) is 2.98. The van der Waals surface area contributed by atoms with Gasteiger partial charge in [0.25, 0.3) is 0 Å². The summed E-state index contributed by atoms with van der Waals surface area (Å²) < 4.78 is 16.1. The first-order valence-corrected chi connectivity index (χ1v) is 12.2. The van der Waals surface area contributed by atoms with E-state index in [-0.39, 0.29) is 28.5 Å². The number of fused-ring (bicyclic) bond motifs is 1. The van der Waals surface area contributed by atoms with Gasteiger partial charge in [-0.3, -0.25) is 0 Å². The molecule has 0 fully saturated rings. The number of carbonyl (C=O) groups is 1. The second-order valence-corrected chi connectivity index (χ2v) is 9.33. The van der Waals surface area contributed by atoms with Gasteiger partial charge in [-0.25, -0.2) is 9.78 Å². The van der Waals surface area contributed by atoms with Gasteiger partial charge in [0.2, 0.25) is 5.88 Å². The van der Waals surface area contributed by atoms with Crippen LogP contribution in [0.4, 0.5) is 0 Å². The van der Waals surface area contributed by atoms with E-state index in [0.29, 0.717) is 21.9 Å². The molecular weight excluding hydrogens is 478 g/mol. The number of methoxy groups -OCH3 is 2. The Morgan fingerprint density at radius 2 is 2.03 bits per heavy atom. The molecule has 1 aromatic carbocycles. The van der Waals surface area contributed by atoms with Gasteiger partial charge in [-0.1, -0.05) is 23.9 Å². The van der Waals surface area contributed by atoms with Crippen LogP contribution >= 0.6 is 11.8 Å². The van der Waals surface area contributed by atoms with Crippen molar-refractivity contribution in [3.8, 4) is 17.9 Å². The fourth-order valence-electron chi connectivity index (χ4n) is 4.31. The number of nitrogens with zero attached hydrogens (tertiary/aromatic N) is 4. The summed E-state index contributed by atoms with van der Waals surface area (Å²) >= 11 is 1.28. The molecule has 9 nitrogen and oxygen atoms in total. The number of carbonyl (C=O) groups excluding carboxylic acids is 1. The first-order valence-electron chi connectivity index (χ1n) is 11.2. The topological polar surface area (TPSA) is 134 Å². The molecule has 184 valence electrons. The average molecular weight is 504 g/mol. The van der Waals surface area contributed by atoms with Crippen LogP contribution in [0.25, 0.3) is 0 Å². The molecule has 1 atom stereocenters. The van der Waals surface area contributed by atoms with E-state index in [0.717, 1.165) is 30.8 Å². The number of nitrogens with two attached hydrogens (primary N) is 1. The smallest absolute Gasteiger partial charge is 0.338 e. The van der Waals surface area contributed by atoms with Crippen LogP contribution < -0.4 is 10.5 Å². The summed E-state index contributed by atoms with van der Waals surface area (Å²) in [5.74, 6) is -0.435. The number of likely N-dealkylation sites (N-methyl/N-ethyl adjacent to an activating group) is 1. The Morgan fingerprint density at radius 3 is 2.67 bits per heavy atom. The number of thioether (sulfide) groups is 1. The molecule has 0 saturated carbocycles. The molecule has 2 N–H and O–H groups in total. The molecule has 2 aromatic rings. The van der Waals surface area contributed by atoms with Gasteiger partial charge in [0, 0.05) is 25.2 Å². The maximum Gasteiger partial charge on any atom is 0.338 e. The van der Waals surface area contributed by atoms with E-state index in [2.05, 4.69) is 17.0 Å². The molecule has 0 bridgehead atoms. The van der Waals surface area contributed by atoms with Crippen molar-refractivity contribution in [2.24, 2.45) is 5.73 Å². The molecule has 2 aliphatic rings. The summed E-state index contributed by atoms with van der Waals surface area (Å²) in [6.07, 6.45) is 0.790. The SMILES string of the molecule is COC(=O)C1=C(CSc2nc3c(cc2C#N)CN(C)CC3)OC(N)=C(C#N)C1c1ccc(OC)cc1. The van der Waals surface area contributed by atoms with Crippen LogP contribution in [0.5, 0.6) is 5.75 Å². The van der Waals surface area contributed by atoms with Gasteiger partial charge in [-0.15, -0.1) is 0 Å². The highest BCUT2D eigenvalue weighted by Crippen LogP contribution is 2.41. The molecule has 4 rings (SSSR count). The minimum Gasteiger partial charge on any atom is -0.497 e. The van der Waals surface area contributed by atoms with Crippen molar-refractivity contribution in [2.45, 2.75) is 23.9 Å². The Labute approximate surface area is 213 Å². The van der Waals surface area contributed by atoms with Crippen LogP contribution in [-0.4, -0.2) is 49.4 Å². The predicted molar refractivity (Wildman–Crippen MR) is 132 cm³/mol. The van der Waals surface area contributed by atoms with Gasteiger partial charge in [-0.05, 0) is 36.4 Å². The summed E-state index contributed by atoms with van der Waals surface area (Å²) in [5, 5.41) is 20.1. The number of nitriles is 2. The summed E-state index contributed by atoms with van der Waals surface area (Å²) in [6, 6.07) is 13.2. The summed E-state index contributed by atoms with van der Waals surface area (Å²) in [5.41, 5.74) is 9.55. The average Bonchev–Trinajstić information content (AvgIpc) is 2.90. The standard InChI is InChI=1S/C26H25N5O4S/c1-31-9-8-20-17(13-31)10-16(11-27)25(30-20)36-14-21-23(26(32)34-3)22(19(12-28)24(29)35-21)15-4-6-18(33-2)7-5-15/h4-7,10,22H,8-9,13-14,29H2,1-3H3. The third-order valence-corrected chi connectivity index (χ3v) is 7.13. The molecular formula is C26H25N5O4S. The minimum absolute atomic E-state index is 0.0801. The molecule has 36 heavy (non-hydrogen) atoms. The van der Waals surface area contributed by atoms with E-state index in [1.54, 1.807) is 31.4 Å². The zero-order valence-electron chi connectivity index (χ0n) is 20.2. The van der Waals surface area contributed by atoms with Crippen LogP contribution in [0.15, 0.2) is 58.1 Å². The summed E-state index contributed by atoms with van der Waals surface area (Å²) in [4.78, 5) is 19.9. The Balaban J connectivity index is 1.73. The molecule has 2 aliphatic heterocycles. The third-order valence-electron chi connectivity index (χ3n) is 6.14. The van der Waals surface area contributed by atoms with Crippen LogP contribution in [0.2, 0.25) is 0 Å². The lowest BCUT2D eigenvalue weighted by molar-refractivity contribution is -0.136. The number of rotatable bonds is 6. The highest BCUT2D eigenvalue weighted by atomic mass is 32.2. The van der Waals surface area contributed by atoms with Gasteiger partial charge >= 0.3 is 5.97 Å². The number of pyridine rings is 1. The highest BCUT2D eigenvalue weighted by Gasteiger charge is 2.37. The number of aromatic nitrogens is 1. The van der Waals surface area contributed by atoms with Crippen LogP contribution in [0, 0.1) is 22.7 Å². The second kappa shape index (κ2) is 10.7. The fraction of sp³-hybridized carbons (Fsp3) is 0.308. The maximum atomic E-state index is 13.0. The van der Waals surface area contributed by atoms with Gasteiger partial charge < -0.3 is 24.8 Å². The molecule has 0 saturated heterocycles. The van der Waals surface area contributed by atoms with Crippen molar-refractivity contribution in [3.63, 3.8) is 0 Å². The van der Waals surface area contributed by atoms with Crippen molar-refractivity contribution in [2.75, 3.05) is 33.6 Å². The van der Waals surface area contributed by atoms with E-state index in [4.69, 9.17) is 24.9 Å². The third kappa shape index (κ3) is 4.87. The van der Waals surface area contributed by atoms with E-state index in [9.17, 15) is 15.3 Å². The molecule has 0 amide bonds. The normalized spacial score (nSPS) is 17.5. The van der Waals surface area contributed by atoms with E-state index in [1.807, 2.05) is 13.1 Å². The quantitative estimate of drug-likeness (QED) is 0.463. The van der Waals surface area contributed by atoms with Gasteiger partial charge in [0.15, 0.2) is 0 Å². The van der Waals surface area contributed by atoms with Gasteiger partial charge in [0.05, 0.1) is 37.0 Å². The molecule has 0 radical (unpaired) electrons. The van der Waals surface area contributed by atoms with E-state index >= 15 is 0 Å². The highest BCUT2D eigenvalue weighted by molar-refractivity contribution is 7.99. The van der Waals surface area contributed by atoms with Crippen molar-refractivity contribution in [3.05, 3.63) is 75.5 Å². The lowest BCUT2D eigenvalue weighted by atomic mass is 9.83. The number of benzene rings is 1. The van der Waals surface area contributed by atoms with Crippen molar-refractivity contribution >= 4 is 17.7 Å². The molecule has 0 aliphatic carbocycles. The van der Waals surface area contributed by atoms with Gasteiger partial charge in [0.1, 0.15) is 34.2 Å². The zero-order chi connectivity index (χ0) is 25.8. The minimum atomic E-state index is -0.778. The lowest BCUT2D eigenvalue weighted by Crippen LogP contribution is -2.27. The zero-order valence-corrected chi connectivity index (χ0v) is 21.0. The lowest BCUT2D eigenvalue weighted by Gasteiger charge is -2.28. The van der Waals surface area contributed by atoms with Crippen LogP contribution in [0.1, 0.15) is 28.3 Å². The first kappa shape index (κ1) is 25.1. The fourth-order valence-corrected chi connectivity index (χ4v) is 5.22. The molecule has 10 heteroatoms. The Bertz CT molecular complexity index is 1340. The Hall–Kier alpha value is -3.99. The number of esters is 1. The molecule has 1 aromatic heterocycles. The van der Waals surface area contributed by atoms with Crippen LogP contribution in [-0.2, 0) is 27.2 Å². The largest absolute Gasteiger partial charge is 0.497 e. The van der Waals surface area contributed by atoms with Crippen molar-refractivity contribution < 1.29 is 19.0 Å². The number of hydrogen-bond donors (Lipinski definition) is 1. The van der Waals surface area contributed by atoms with E-state index < -0.39 is 11.9 Å². The number of ether oxygens (including phenoxy) is 3. The molecule has 3 heterocycles. The maximum absolute atomic E-state index is 13.0. The first-order chi connectivity index (χ1) is 17.4. The molecule has 1 unspecified atom stereocenters. The number of hydrogen-bond acceptors (Lipinski definition) is 10. The van der Waals surface area contributed by atoms with Crippen LogP contribution in [0.3, 0.4) is 0 Å². The van der Waals surface area contributed by atoms with E-state index in [1.165, 1.54) is 18.9 Å². The molecule has 0 spiro atoms. The Morgan fingerprint density at radius 1 is 1.28 bits per heavy atom. The summed E-state index contributed by atoms with van der Waals surface area (Å²) in [7, 11) is 4.86. The second-order valence-electron chi connectivity index (χ2n) is 8.36.